The van der Waals surface area contributed by atoms with Crippen LogP contribution in [0.5, 0.6) is 0 Å². The van der Waals surface area contributed by atoms with Crippen LogP contribution in [0.1, 0.15) is 20.3 Å². The van der Waals surface area contributed by atoms with Gasteiger partial charge >= 0.3 is 0 Å². The van der Waals surface area contributed by atoms with Gasteiger partial charge in [-0.15, -0.1) is 0 Å². The third kappa shape index (κ3) is 3.10. The number of hydrogen-bond donors (Lipinski definition) is 0. The zero-order chi connectivity index (χ0) is 12.3. The van der Waals surface area contributed by atoms with Crippen molar-refractivity contribution < 1.29 is 18.6 Å². The van der Waals surface area contributed by atoms with Crippen LogP contribution in [0.4, 0.5) is 0 Å². The Hall–Kier alpha value is 0.175. The third-order valence-corrected chi connectivity index (χ3v) is 4.97. The minimum absolute atomic E-state index is 0.00296. The molecule has 0 aromatic carbocycles. The molecule has 0 radical (unpaired) electrons. The van der Waals surface area contributed by atoms with Gasteiger partial charge in [-0.25, -0.2) is 0 Å². The Morgan fingerprint density at radius 3 is 2.44 bits per heavy atom. The van der Waals surface area contributed by atoms with Crippen molar-refractivity contribution in [2.75, 3.05) is 19.9 Å². The van der Waals surface area contributed by atoms with Gasteiger partial charge in [0.2, 0.25) is 0 Å². The predicted octanol–water partition coefficient (Wildman–Crippen LogP) is 1.08. The summed E-state index contributed by atoms with van der Waals surface area (Å²) in [6, 6.07) is -0.00296. The monoisotopic (exact) mass is 248 g/mol. The highest BCUT2D eigenvalue weighted by Gasteiger charge is 2.44. The van der Waals surface area contributed by atoms with Crippen molar-refractivity contribution in [1.82, 2.24) is 0 Å². The minimum Gasteiger partial charge on any atom is -0.378 e. The van der Waals surface area contributed by atoms with Crippen LogP contribution in [0.3, 0.4) is 0 Å². The van der Waals surface area contributed by atoms with E-state index >= 15 is 0 Å². The Labute approximate surface area is 98.9 Å². The molecule has 0 aliphatic carbocycles. The molecule has 1 heterocycles. The lowest BCUT2D eigenvalue weighted by Crippen LogP contribution is -2.36. The molecule has 1 aliphatic rings. The smallest absolute Gasteiger partial charge is 0.200 e. The van der Waals surface area contributed by atoms with E-state index in [0.29, 0.717) is 6.16 Å². The van der Waals surface area contributed by atoms with Gasteiger partial charge in [-0.1, -0.05) is 13.8 Å². The molecule has 5 atom stereocenters. The Bertz CT molecular complexity index is 274. The molecule has 6 heteroatoms. The second-order valence-electron chi connectivity index (χ2n) is 4.39. The molecule has 0 bridgehead atoms. The summed E-state index contributed by atoms with van der Waals surface area (Å²) in [5.74, 6) is 0. The lowest BCUT2D eigenvalue weighted by Gasteiger charge is -2.25. The normalized spacial score (nSPS) is 38.5. The Morgan fingerprint density at radius 2 is 2.00 bits per heavy atom. The van der Waals surface area contributed by atoms with Gasteiger partial charge in [0, 0.05) is 19.9 Å². The van der Waals surface area contributed by atoms with E-state index in [1.165, 1.54) is 0 Å². The molecule has 16 heavy (non-hydrogen) atoms. The maximum Gasteiger partial charge on any atom is 0.200 e. The molecular formula is C10H22BO4P. The fraction of sp³-hybridized carbons (Fsp3) is 1.00. The van der Waals surface area contributed by atoms with Crippen LogP contribution >= 0.6 is 7.37 Å². The third-order valence-electron chi connectivity index (χ3n) is 3.14. The molecule has 0 saturated carbocycles. The summed E-state index contributed by atoms with van der Waals surface area (Å²) in [6.07, 6.45) is 1.05. The summed E-state index contributed by atoms with van der Waals surface area (Å²) < 4.78 is 28.9. The average Bonchev–Trinajstić information content (AvgIpc) is 2.53. The van der Waals surface area contributed by atoms with E-state index in [1.54, 1.807) is 13.8 Å². The number of methoxy groups -OCH3 is 1. The number of hydrogen-bond acceptors (Lipinski definition) is 4. The van der Waals surface area contributed by atoms with Crippen LogP contribution in [0, 0.1) is 0 Å². The van der Waals surface area contributed by atoms with E-state index in [9.17, 15) is 4.57 Å². The lowest BCUT2D eigenvalue weighted by molar-refractivity contribution is 0.0202. The molecule has 0 amide bonds. The summed E-state index contributed by atoms with van der Waals surface area (Å²) >= 11 is 0. The van der Waals surface area contributed by atoms with Crippen LogP contribution in [0.15, 0.2) is 0 Å². The van der Waals surface area contributed by atoms with E-state index in [-0.39, 0.29) is 24.3 Å². The molecule has 1 aliphatic heterocycles. The molecule has 4 nitrogen and oxygen atoms in total. The first kappa shape index (κ1) is 14.2. The number of ether oxygens (including phenoxy) is 2. The summed E-state index contributed by atoms with van der Waals surface area (Å²) in [5.41, 5.74) is 0. The second-order valence-corrected chi connectivity index (χ2v) is 7.26. The quantitative estimate of drug-likeness (QED) is 0.539. The molecule has 0 aromatic heterocycles. The molecule has 1 rings (SSSR count). The molecule has 2 unspecified atom stereocenters. The van der Waals surface area contributed by atoms with Crippen LogP contribution in [-0.4, -0.2) is 52.1 Å². The minimum atomic E-state index is -2.51. The Morgan fingerprint density at radius 1 is 1.38 bits per heavy atom. The van der Waals surface area contributed by atoms with Crippen molar-refractivity contribution in [3.63, 3.8) is 0 Å². The fourth-order valence-corrected chi connectivity index (χ4v) is 2.94. The van der Waals surface area contributed by atoms with Crippen molar-refractivity contribution in [2.45, 2.75) is 44.6 Å². The van der Waals surface area contributed by atoms with E-state index in [0.717, 1.165) is 6.42 Å². The van der Waals surface area contributed by atoms with Crippen molar-refractivity contribution in [3.05, 3.63) is 0 Å². The fourth-order valence-electron chi connectivity index (χ4n) is 2.02. The van der Waals surface area contributed by atoms with Gasteiger partial charge in [-0.05, 0) is 6.42 Å². The first-order chi connectivity index (χ1) is 7.45. The maximum absolute atomic E-state index is 12.0. The highest BCUT2D eigenvalue weighted by atomic mass is 31.2. The standard InChI is InChI=1S/C10H22BO4P/c1-5-7-8(15-16(4,12)6-2)9(13-3)10(11)14-7/h7-10H,5-6,11H2,1-4H3/t7-,8?,9+,10-,16?/m1/s1. The molecule has 0 N–H and O–H groups in total. The average molecular weight is 248 g/mol. The van der Waals surface area contributed by atoms with E-state index in [2.05, 4.69) is 0 Å². The highest BCUT2D eigenvalue weighted by molar-refractivity contribution is 7.58. The van der Waals surface area contributed by atoms with Gasteiger partial charge < -0.3 is 14.0 Å². The van der Waals surface area contributed by atoms with Gasteiger partial charge in [0.15, 0.2) is 7.37 Å². The maximum atomic E-state index is 12.0. The van der Waals surface area contributed by atoms with Crippen molar-refractivity contribution in [1.29, 1.82) is 0 Å². The zero-order valence-corrected chi connectivity index (χ0v) is 11.7. The van der Waals surface area contributed by atoms with Gasteiger partial charge in [-0.2, -0.15) is 0 Å². The molecule has 94 valence electrons. The van der Waals surface area contributed by atoms with E-state index in [1.807, 2.05) is 21.7 Å². The topological polar surface area (TPSA) is 44.8 Å². The lowest BCUT2D eigenvalue weighted by atomic mass is 9.92. The van der Waals surface area contributed by atoms with Gasteiger partial charge in [0.1, 0.15) is 20.1 Å². The van der Waals surface area contributed by atoms with E-state index < -0.39 is 7.37 Å². The molecule has 0 aromatic rings. The molecule has 1 saturated heterocycles. The van der Waals surface area contributed by atoms with E-state index in [4.69, 9.17) is 14.0 Å². The molecule has 0 spiro atoms. The Kier molecular flexibility index (Phi) is 5.05. The largest absolute Gasteiger partial charge is 0.378 e. The van der Waals surface area contributed by atoms with Crippen molar-refractivity contribution >= 4 is 15.2 Å². The summed E-state index contributed by atoms with van der Waals surface area (Å²) in [7, 11) is 1.10. The first-order valence-corrected chi connectivity index (χ1v) is 8.14. The summed E-state index contributed by atoms with van der Waals surface area (Å²) in [5, 5.41) is 0. The van der Waals surface area contributed by atoms with Gasteiger partial charge in [-0.3, -0.25) is 4.57 Å². The van der Waals surface area contributed by atoms with Crippen LogP contribution < -0.4 is 0 Å². The van der Waals surface area contributed by atoms with Gasteiger partial charge in [0.05, 0.1) is 12.1 Å². The molecular weight excluding hydrogens is 226 g/mol. The van der Waals surface area contributed by atoms with Gasteiger partial charge in [0.25, 0.3) is 0 Å². The van der Waals surface area contributed by atoms with Crippen molar-refractivity contribution in [2.24, 2.45) is 0 Å². The highest BCUT2D eigenvalue weighted by Crippen LogP contribution is 2.46. The Balaban J connectivity index is 2.77. The zero-order valence-electron chi connectivity index (χ0n) is 10.8. The SMILES string of the molecule is B[C@@H]1O[C@H](CC)C(OP(C)(=O)CC)[C@@H]1OC. The first-order valence-electron chi connectivity index (χ1n) is 5.88. The summed E-state index contributed by atoms with van der Waals surface area (Å²) in [4.78, 5) is 0. The molecule has 1 fully saturated rings. The van der Waals surface area contributed by atoms with Crippen LogP contribution in [0.25, 0.3) is 0 Å². The summed E-state index contributed by atoms with van der Waals surface area (Å²) in [6.45, 7) is 5.59. The predicted molar refractivity (Wildman–Crippen MR) is 67.2 cm³/mol. The second kappa shape index (κ2) is 5.68. The van der Waals surface area contributed by atoms with Crippen molar-refractivity contribution in [3.8, 4) is 0 Å². The van der Waals surface area contributed by atoms with Crippen LogP contribution in [0.2, 0.25) is 0 Å². The van der Waals surface area contributed by atoms with Crippen LogP contribution in [-0.2, 0) is 18.6 Å². The number of rotatable bonds is 5.